The molecule has 0 radical (unpaired) electrons. The van der Waals surface area contributed by atoms with Crippen LogP contribution in [-0.2, 0) is 6.42 Å². The smallest absolute Gasteiger partial charge is 0.0303 e. The Morgan fingerprint density at radius 3 is 3.08 bits per heavy atom. The highest BCUT2D eigenvalue weighted by atomic mass is 79.9. The molecule has 13 heavy (non-hydrogen) atoms. The van der Waals surface area contributed by atoms with Crippen molar-refractivity contribution in [1.29, 1.82) is 0 Å². The maximum atomic E-state index is 4.08. The number of hydrogen-bond donors (Lipinski definition) is 0. The standard InChI is InChI=1S/C11H14BrN/c1-10(4-2-6-12)8-11-5-3-7-13-9-11/h3-5,7,9H,2,6,8H2,1H3/b10-4-. The van der Waals surface area contributed by atoms with E-state index in [1.165, 1.54) is 11.1 Å². The van der Waals surface area contributed by atoms with Gasteiger partial charge in [-0.25, -0.2) is 0 Å². The molecule has 1 heterocycles. The topological polar surface area (TPSA) is 12.9 Å². The number of halogens is 1. The lowest BCUT2D eigenvalue weighted by Crippen LogP contribution is -1.87. The van der Waals surface area contributed by atoms with Gasteiger partial charge in [0.25, 0.3) is 0 Å². The second-order valence-electron chi connectivity index (χ2n) is 3.07. The van der Waals surface area contributed by atoms with Gasteiger partial charge in [-0.15, -0.1) is 0 Å². The molecule has 1 aromatic rings. The van der Waals surface area contributed by atoms with Crippen LogP contribution in [0, 0.1) is 0 Å². The summed E-state index contributed by atoms with van der Waals surface area (Å²) in [7, 11) is 0. The van der Waals surface area contributed by atoms with Gasteiger partial charge >= 0.3 is 0 Å². The molecule has 0 aliphatic carbocycles. The zero-order chi connectivity index (χ0) is 9.52. The molecular weight excluding hydrogens is 226 g/mol. The van der Waals surface area contributed by atoms with Crippen LogP contribution in [0.25, 0.3) is 0 Å². The van der Waals surface area contributed by atoms with Crippen molar-refractivity contribution in [1.82, 2.24) is 4.98 Å². The average Bonchev–Trinajstić information content (AvgIpc) is 2.16. The van der Waals surface area contributed by atoms with E-state index >= 15 is 0 Å². The Morgan fingerprint density at radius 2 is 2.46 bits per heavy atom. The Hall–Kier alpha value is -0.630. The van der Waals surface area contributed by atoms with Gasteiger partial charge in [0, 0.05) is 17.7 Å². The first-order valence-electron chi connectivity index (χ1n) is 4.43. The Bertz CT molecular complexity index is 267. The monoisotopic (exact) mass is 239 g/mol. The van der Waals surface area contributed by atoms with Crippen molar-refractivity contribution >= 4 is 15.9 Å². The highest BCUT2D eigenvalue weighted by Crippen LogP contribution is 2.06. The number of alkyl halides is 1. The molecular formula is C11H14BrN. The van der Waals surface area contributed by atoms with E-state index in [0.717, 1.165) is 18.2 Å². The molecule has 0 atom stereocenters. The van der Waals surface area contributed by atoms with Crippen molar-refractivity contribution in [3.05, 3.63) is 41.7 Å². The van der Waals surface area contributed by atoms with Crippen molar-refractivity contribution in [3.63, 3.8) is 0 Å². The van der Waals surface area contributed by atoms with E-state index in [1.807, 2.05) is 12.3 Å². The van der Waals surface area contributed by atoms with Crippen LogP contribution < -0.4 is 0 Å². The highest BCUT2D eigenvalue weighted by Gasteiger charge is 1.93. The lowest BCUT2D eigenvalue weighted by atomic mass is 10.1. The summed E-state index contributed by atoms with van der Waals surface area (Å²) in [5.41, 5.74) is 2.69. The molecule has 0 saturated heterocycles. The summed E-state index contributed by atoms with van der Waals surface area (Å²) in [6.45, 7) is 2.16. The molecule has 0 aromatic carbocycles. The molecule has 0 unspecified atom stereocenters. The average molecular weight is 240 g/mol. The van der Waals surface area contributed by atoms with Gasteiger partial charge in [0.2, 0.25) is 0 Å². The molecule has 1 rings (SSSR count). The second kappa shape index (κ2) is 5.92. The summed E-state index contributed by atoms with van der Waals surface area (Å²) in [5, 5.41) is 1.04. The fourth-order valence-corrected chi connectivity index (χ4v) is 1.43. The van der Waals surface area contributed by atoms with Gasteiger partial charge in [0.05, 0.1) is 0 Å². The third-order valence-corrected chi connectivity index (χ3v) is 2.27. The van der Waals surface area contributed by atoms with Crippen LogP contribution in [0.1, 0.15) is 18.9 Å². The minimum absolute atomic E-state index is 1.01. The second-order valence-corrected chi connectivity index (χ2v) is 3.86. The molecule has 0 fully saturated rings. The fraction of sp³-hybridized carbons (Fsp3) is 0.364. The lowest BCUT2D eigenvalue weighted by Gasteiger charge is -2.00. The first-order valence-corrected chi connectivity index (χ1v) is 5.55. The van der Waals surface area contributed by atoms with Gasteiger partial charge in [-0.1, -0.05) is 33.6 Å². The maximum absolute atomic E-state index is 4.08. The molecule has 1 aromatic heterocycles. The number of nitrogens with zero attached hydrogens (tertiary/aromatic N) is 1. The van der Waals surface area contributed by atoms with Gasteiger partial charge < -0.3 is 0 Å². The SMILES string of the molecule is C/C(=C/CCBr)Cc1cccnc1. The number of aromatic nitrogens is 1. The van der Waals surface area contributed by atoms with E-state index in [9.17, 15) is 0 Å². The van der Waals surface area contributed by atoms with Gasteiger partial charge in [-0.2, -0.15) is 0 Å². The predicted molar refractivity (Wildman–Crippen MR) is 60.1 cm³/mol. The van der Waals surface area contributed by atoms with Crippen LogP contribution >= 0.6 is 15.9 Å². The zero-order valence-electron chi connectivity index (χ0n) is 7.83. The van der Waals surface area contributed by atoms with Crippen molar-refractivity contribution in [3.8, 4) is 0 Å². The van der Waals surface area contributed by atoms with Gasteiger partial charge in [-0.05, 0) is 31.4 Å². The summed E-state index contributed by atoms with van der Waals surface area (Å²) < 4.78 is 0. The Morgan fingerprint density at radius 1 is 1.62 bits per heavy atom. The molecule has 1 nitrogen and oxygen atoms in total. The number of hydrogen-bond acceptors (Lipinski definition) is 1. The molecule has 0 N–H and O–H groups in total. The van der Waals surface area contributed by atoms with Crippen LogP contribution in [0.5, 0.6) is 0 Å². The predicted octanol–water partition coefficient (Wildman–Crippen LogP) is 3.36. The van der Waals surface area contributed by atoms with Crippen LogP contribution in [0.15, 0.2) is 36.2 Å². The minimum Gasteiger partial charge on any atom is -0.264 e. The molecule has 0 bridgehead atoms. The number of rotatable bonds is 4. The summed E-state index contributed by atoms with van der Waals surface area (Å²) in [5.74, 6) is 0. The normalized spacial score (nSPS) is 11.7. The van der Waals surface area contributed by atoms with E-state index in [4.69, 9.17) is 0 Å². The minimum atomic E-state index is 1.01. The Kier molecular flexibility index (Phi) is 4.76. The quantitative estimate of drug-likeness (QED) is 0.581. The molecule has 0 aliphatic heterocycles. The van der Waals surface area contributed by atoms with E-state index in [-0.39, 0.29) is 0 Å². The first-order chi connectivity index (χ1) is 6.33. The maximum Gasteiger partial charge on any atom is 0.0303 e. The van der Waals surface area contributed by atoms with Crippen molar-refractivity contribution in [2.45, 2.75) is 19.8 Å². The number of allylic oxidation sites excluding steroid dienone is 2. The largest absolute Gasteiger partial charge is 0.264 e. The van der Waals surface area contributed by atoms with E-state index in [1.54, 1.807) is 6.20 Å². The van der Waals surface area contributed by atoms with Gasteiger partial charge in [-0.3, -0.25) is 4.98 Å². The number of pyridine rings is 1. The van der Waals surface area contributed by atoms with Crippen molar-refractivity contribution < 1.29 is 0 Å². The molecule has 0 amide bonds. The summed E-state index contributed by atoms with van der Waals surface area (Å²) in [6.07, 6.45) is 8.11. The third-order valence-electron chi connectivity index (χ3n) is 1.81. The summed E-state index contributed by atoms with van der Waals surface area (Å²) >= 11 is 3.41. The van der Waals surface area contributed by atoms with Crippen LogP contribution in [0.4, 0.5) is 0 Å². The zero-order valence-corrected chi connectivity index (χ0v) is 9.42. The molecule has 0 aliphatic rings. The lowest BCUT2D eigenvalue weighted by molar-refractivity contribution is 1.08. The summed E-state index contributed by atoms with van der Waals surface area (Å²) in [4.78, 5) is 4.08. The molecule has 70 valence electrons. The van der Waals surface area contributed by atoms with Gasteiger partial charge in [0.15, 0.2) is 0 Å². The van der Waals surface area contributed by atoms with Crippen LogP contribution in [0.2, 0.25) is 0 Å². The van der Waals surface area contributed by atoms with Crippen LogP contribution in [-0.4, -0.2) is 10.3 Å². The van der Waals surface area contributed by atoms with Crippen molar-refractivity contribution in [2.75, 3.05) is 5.33 Å². The Balaban J connectivity index is 2.50. The highest BCUT2D eigenvalue weighted by molar-refractivity contribution is 9.09. The van der Waals surface area contributed by atoms with E-state index in [0.29, 0.717) is 0 Å². The van der Waals surface area contributed by atoms with Crippen LogP contribution in [0.3, 0.4) is 0 Å². The van der Waals surface area contributed by atoms with Crippen molar-refractivity contribution in [2.24, 2.45) is 0 Å². The van der Waals surface area contributed by atoms with E-state index < -0.39 is 0 Å². The third kappa shape index (κ3) is 4.23. The first kappa shape index (κ1) is 10.5. The van der Waals surface area contributed by atoms with Gasteiger partial charge in [0.1, 0.15) is 0 Å². The molecule has 2 heteroatoms. The van der Waals surface area contributed by atoms with E-state index in [2.05, 4.69) is 40.0 Å². The fourth-order valence-electron chi connectivity index (χ4n) is 1.20. The molecule has 0 saturated carbocycles. The Labute approximate surface area is 88.0 Å². The summed E-state index contributed by atoms with van der Waals surface area (Å²) in [6, 6.07) is 4.09. The molecule has 0 spiro atoms.